The number of benzene rings is 1. The van der Waals surface area contributed by atoms with Gasteiger partial charge in [-0.15, -0.1) is 0 Å². The number of fused-ring (bicyclic) bond motifs is 2. The number of amides is 4. The number of carbonyl (C=O) groups is 3. The van der Waals surface area contributed by atoms with Gasteiger partial charge < -0.3 is 30.3 Å². The first-order valence-electron chi connectivity index (χ1n) is 11.4. The number of hydrogen-bond donors (Lipinski definition) is 3. The third kappa shape index (κ3) is 5.91. The number of nitrogens with zero attached hydrogens (tertiary/aromatic N) is 1. The second kappa shape index (κ2) is 11.2. The van der Waals surface area contributed by atoms with Crippen molar-refractivity contribution in [3.63, 3.8) is 0 Å². The van der Waals surface area contributed by atoms with Crippen LogP contribution >= 0.6 is 0 Å². The smallest absolute Gasteiger partial charge is 0.319 e. The van der Waals surface area contributed by atoms with Crippen LogP contribution in [0, 0.1) is 0 Å². The Morgan fingerprint density at radius 3 is 2.62 bits per heavy atom. The van der Waals surface area contributed by atoms with Crippen LogP contribution in [0.4, 0.5) is 10.5 Å². The Labute approximate surface area is 189 Å². The molecule has 2 heterocycles. The largest absolute Gasteiger partial charge is 0.490 e. The highest BCUT2D eigenvalue weighted by Crippen LogP contribution is 2.32. The Balaban J connectivity index is 1.69. The van der Waals surface area contributed by atoms with Crippen LogP contribution in [0.1, 0.15) is 56.3 Å². The van der Waals surface area contributed by atoms with E-state index in [4.69, 9.17) is 9.47 Å². The van der Waals surface area contributed by atoms with E-state index in [2.05, 4.69) is 16.0 Å². The predicted octanol–water partition coefficient (Wildman–Crippen LogP) is 2.51. The highest BCUT2D eigenvalue weighted by Gasteiger charge is 2.39. The van der Waals surface area contributed by atoms with E-state index in [1.807, 2.05) is 13.8 Å². The van der Waals surface area contributed by atoms with Crippen molar-refractivity contribution in [3.8, 4) is 5.75 Å². The Bertz CT molecular complexity index is 831. The van der Waals surface area contributed by atoms with E-state index in [0.29, 0.717) is 42.9 Å². The summed E-state index contributed by atoms with van der Waals surface area (Å²) in [5.41, 5.74) is 0.929. The molecule has 4 amide bonds. The summed E-state index contributed by atoms with van der Waals surface area (Å²) in [7, 11) is 1.76. The zero-order chi connectivity index (χ0) is 23.1. The maximum Gasteiger partial charge on any atom is 0.319 e. The van der Waals surface area contributed by atoms with Crippen LogP contribution in [0.2, 0.25) is 0 Å². The van der Waals surface area contributed by atoms with E-state index in [1.165, 1.54) is 0 Å². The summed E-state index contributed by atoms with van der Waals surface area (Å²) < 4.78 is 12.1. The van der Waals surface area contributed by atoms with Gasteiger partial charge in [0.25, 0.3) is 5.91 Å². The molecule has 2 aliphatic heterocycles. The lowest BCUT2D eigenvalue weighted by Gasteiger charge is -2.42. The lowest BCUT2D eigenvalue weighted by atomic mass is 9.94. The zero-order valence-corrected chi connectivity index (χ0v) is 19.1. The third-order valence-corrected chi connectivity index (χ3v) is 5.79. The molecule has 0 saturated carbocycles. The molecule has 3 N–H and O–H groups in total. The number of anilines is 1. The van der Waals surface area contributed by atoms with Gasteiger partial charge in [0.2, 0.25) is 5.91 Å². The molecular weight excluding hydrogens is 412 g/mol. The molecule has 3 atom stereocenters. The molecule has 1 saturated heterocycles. The minimum atomic E-state index is -0.313. The third-order valence-electron chi connectivity index (χ3n) is 5.79. The van der Waals surface area contributed by atoms with E-state index < -0.39 is 0 Å². The molecule has 1 aromatic carbocycles. The molecule has 32 heavy (non-hydrogen) atoms. The summed E-state index contributed by atoms with van der Waals surface area (Å²) in [6.07, 6.45) is 2.97. The van der Waals surface area contributed by atoms with Crippen LogP contribution in [0.15, 0.2) is 18.2 Å². The maximum absolute atomic E-state index is 13.2. The molecule has 0 aromatic heterocycles. The van der Waals surface area contributed by atoms with Crippen molar-refractivity contribution in [3.05, 3.63) is 23.8 Å². The number of likely N-dealkylation sites (N-methyl/N-ethyl adjacent to an activating group) is 1. The van der Waals surface area contributed by atoms with Crippen LogP contribution in [0.25, 0.3) is 0 Å². The first-order chi connectivity index (χ1) is 15.4. The van der Waals surface area contributed by atoms with Crippen LogP contribution in [-0.2, 0) is 9.53 Å². The van der Waals surface area contributed by atoms with Crippen molar-refractivity contribution >= 4 is 23.5 Å². The topological polar surface area (TPSA) is 109 Å². The van der Waals surface area contributed by atoms with Gasteiger partial charge in [0.15, 0.2) is 0 Å². The number of urea groups is 1. The van der Waals surface area contributed by atoms with Gasteiger partial charge in [0.05, 0.1) is 24.1 Å². The van der Waals surface area contributed by atoms with Crippen LogP contribution in [0.3, 0.4) is 0 Å². The second-order valence-electron chi connectivity index (χ2n) is 8.31. The van der Waals surface area contributed by atoms with Gasteiger partial charge in [0.1, 0.15) is 18.5 Å². The van der Waals surface area contributed by atoms with Crippen molar-refractivity contribution in [1.82, 2.24) is 15.5 Å². The van der Waals surface area contributed by atoms with E-state index in [-0.39, 0.29) is 42.7 Å². The summed E-state index contributed by atoms with van der Waals surface area (Å²) in [6.45, 7) is 5.51. The summed E-state index contributed by atoms with van der Waals surface area (Å²) in [5.74, 6) is 0.251. The second-order valence-corrected chi connectivity index (χ2v) is 8.31. The van der Waals surface area contributed by atoms with Gasteiger partial charge in [-0.3, -0.25) is 9.59 Å². The molecule has 0 unspecified atom stereocenters. The quantitative estimate of drug-likeness (QED) is 0.596. The molecule has 176 valence electrons. The van der Waals surface area contributed by atoms with Gasteiger partial charge in [-0.1, -0.05) is 13.8 Å². The Morgan fingerprint density at radius 2 is 1.88 bits per heavy atom. The Hall–Kier alpha value is -2.81. The molecule has 0 bridgehead atoms. The molecule has 2 aliphatic rings. The van der Waals surface area contributed by atoms with Crippen LogP contribution in [0.5, 0.6) is 5.75 Å². The highest BCUT2D eigenvalue weighted by molar-refractivity contribution is 5.99. The maximum atomic E-state index is 13.2. The predicted molar refractivity (Wildman–Crippen MR) is 121 cm³/mol. The molecule has 1 aromatic rings. The summed E-state index contributed by atoms with van der Waals surface area (Å²) in [5, 5.41) is 8.39. The van der Waals surface area contributed by atoms with Gasteiger partial charge in [-0.2, -0.15) is 0 Å². The summed E-state index contributed by atoms with van der Waals surface area (Å²) in [4.78, 5) is 39.0. The van der Waals surface area contributed by atoms with E-state index in [9.17, 15) is 14.4 Å². The molecule has 3 rings (SSSR count). The molecule has 0 radical (unpaired) electrons. The van der Waals surface area contributed by atoms with Crippen molar-refractivity contribution in [2.75, 3.05) is 32.1 Å². The number of carbonyl (C=O) groups excluding carboxylic acids is 3. The fraction of sp³-hybridized carbons (Fsp3) is 0.609. The normalized spacial score (nSPS) is 22.5. The SMILES string of the molecule is CCCNC(=O)C[C@@H]1CC[C@@H]2[C@H](COc3ccc(NC(=O)NCCC)cc3C(=O)N2C)O1. The lowest BCUT2D eigenvalue weighted by Crippen LogP contribution is -2.54. The van der Waals surface area contributed by atoms with Crippen molar-refractivity contribution < 1.29 is 23.9 Å². The number of ether oxygens (including phenoxy) is 2. The molecular formula is C23H34N4O5. The molecule has 1 fully saturated rings. The van der Waals surface area contributed by atoms with Crippen LogP contribution < -0.4 is 20.7 Å². The molecule has 0 spiro atoms. The molecule has 9 nitrogen and oxygen atoms in total. The lowest BCUT2D eigenvalue weighted by molar-refractivity contribution is -0.134. The van der Waals surface area contributed by atoms with Crippen LogP contribution in [-0.4, -0.2) is 67.7 Å². The summed E-state index contributed by atoms with van der Waals surface area (Å²) in [6, 6.07) is 4.59. The Kier molecular flexibility index (Phi) is 8.33. The van der Waals surface area contributed by atoms with Gasteiger partial charge in [-0.05, 0) is 43.9 Å². The number of nitrogens with one attached hydrogen (secondary N) is 3. The number of hydrogen-bond acceptors (Lipinski definition) is 5. The first kappa shape index (κ1) is 23.8. The van der Waals surface area contributed by atoms with E-state index >= 15 is 0 Å². The van der Waals surface area contributed by atoms with Crippen molar-refractivity contribution in [1.29, 1.82) is 0 Å². The fourth-order valence-corrected chi connectivity index (χ4v) is 4.06. The van der Waals surface area contributed by atoms with Gasteiger partial charge in [0, 0.05) is 25.8 Å². The summed E-state index contributed by atoms with van der Waals surface area (Å²) >= 11 is 0. The van der Waals surface area contributed by atoms with E-state index in [1.54, 1.807) is 30.1 Å². The van der Waals surface area contributed by atoms with Crippen molar-refractivity contribution in [2.24, 2.45) is 0 Å². The first-order valence-corrected chi connectivity index (χ1v) is 11.4. The minimum absolute atomic E-state index is 0.0140. The van der Waals surface area contributed by atoms with Gasteiger partial charge >= 0.3 is 6.03 Å². The minimum Gasteiger partial charge on any atom is -0.490 e. The fourth-order valence-electron chi connectivity index (χ4n) is 4.06. The average molecular weight is 447 g/mol. The highest BCUT2D eigenvalue weighted by atomic mass is 16.5. The van der Waals surface area contributed by atoms with Crippen molar-refractivity contribution in [2.45, 2.75) is 64.2 Å². The Morgan fingerprint density at radius 1 is 1.12 bits per heavy atom. The monoisotopic (exact) mass is 446 g/mol. The van der Waals surface area contributed by atoms with E-state index in [0.717, 1.165) is 19.3 Å². The average Bonchev–Trinajstić information content (AvgIpc) is 2.79. The zero-order valence-electron chi connectivity index (χ0n) is 19.1. The molecule has 0 aliphatic carbocycles. The number of rotatable bonds is 7. The van der Waals surface area contributed by atoms with Gasteiger partial charge in [-0.25, -0.2) is 4.79 Å². The standard InChI is InChI=1S/C23H34N4O5/c1-4-10-24-21(28)13-16-7-8-18-20(32-16)14-31-19-9-6-15(26-23(30)25-11-5-2)12-17(19)22(29)27(18)3/h6,9,12,16,18,20H,4-5,7-8,10-11,13-14H2,1-3H3,(H,24,28)(H2,25,26,30)/t16-,18+,20-/m0/s1. The molecule has 9 heteroatoms.